The molecule has 0 saturated heterocycles. The van der Waals surface area contributed by atoms with E-state index in [0.29, 0.717) is 0 Å². The number of aromatic nitrogens is 2. The van der Waals surface area contributed by atoms with Crippen molar-refractivity contribution in [3.63, 3.8) is 0 Å². The van der Waals surface area contributed by atoms with E-state index in [2.05, 4.69) is 39.9 Å². The summed E-state index contributed by atoms with van der Waals surface area (Å²) in [5.41, 5.74) is 2.08. The maximum absolute atomic E-state index is 6.15. The zero-order valence-corrected chi connectivity index (χ0v) is 12.5. The van der Waals surface area contributed by atoms with E-state index < -0.39 is 0 Å². The molecule has 0 saturated carbocycles. The summed E-state index contributed by atoms with van der Waals surface area (Å²) in [4.78, 5) is 0. The lowest BCUT2D eigenvalue weighted by Gasteiger charge is -2.16. The van der Waals surface area contributed by atoms with Gasteiger partial charge in [0.2, 0.25) is 0 Å². The van der Waals surface area contributed by atoms with Gasteiger partial charge in [-0.1, -0.05) is 11.6 Å². The highest BCUT2D eigenvalue weighted by Crippen LogP contribution is 2.27. The van der Waals surface area contributed by atoms with E-state index in [1.54, 1.807) is 6.20 Å². The molecule has 90 valence electrons. The molecule has 5 heteroatoms. The largest absolute Gasteiger partial charge is 0.376 e. The Balaban J connectivity index is 2.21. The number of nitrogens with one attached hydrogen (secondary N) is 1. The standard InChI is InChI=1S/C12H13ClIN3/c1-8(12-5-6-15-17(12)2)16-11-7-9(14)3-4-10(11)13/h3-8,16H,1-2H3. The number of halogens is 2. The molecule has 1 aromatic carbocycles. The number of hydrogen-bond acceptors (Lipinski definition) is 2. The third kappa shape index (κ3) is 2.93. The van der Waals surface area contributed by atoms with Crippen molar-refractivity contribution in [2.75, 3.05) is 5.32 Å². The molecule has 1 N–H and O–H groups in total. The average Bonchev–Trinajstić information content (AvgIpc) is 2.70. The quantitative estimate of drug-likeness (QED) is 0.842. The third-order valence-corrected chi connectivity index (χ3v) is 3.60. The van der Waals surface area contributed by atoms with Crippen LogP contribution in [0.15, 0.2) is 30.5 Å². The molecule has 0 aliphatic rings. The van der Waals surface area contributed by atoms with Gasteiger partial charge in [-0.25, -0.2) is 0 Å². The lowest BCUT2D eigenvalue weighted by atomic mass is 10.2. The second-order valence-corrected chi connectivity index (χ2v) is 5.52. The van der Waals surface area contributed by atoms with Gasteiger partial charge in [0.25, 0.3) is 0 Å². The first-order valence-corrected chi connectivity index (χ1v) is 6.73. The number of hydrogen-bond donors (Lipinski definition) is 1. The molecule has 1 heterocycles. The molecule has 2 aromatic rings. The Bertz CT molecular complexity index is 524. The SMILES string of the molecule is CC(Nc1cc(I)ccc1Cl)c1ccnn1C. The lowest BCUT2D eigenvalue weighted by Crippen LogP contribution is -2.11. The van der Waals surface area contributed by atoms with Crippen LogP contribution in [0.4, 0.5) is 5.69 Å². The molecule has 2 rings (SSSR count). The zero-order valence-electron chi connectivity index (χ0n) is 9.61. The van der Waals surface area contributed by atoms with Gasteiger partial charge in [-0.3, -0.25) is 4.68 Å². The van der Waals surface area contributed by atoms with Gasteiger partial charge in [0.1, 0.15) is 0 Å². The van der Waals surface area contributed by atoms with Crippen molar-refractivity contribution in [1.82, 2.24) is 9.78 Å². The molecule has 3 nitrogen and oxygen atoms in total. The maximum atomic E-state index is 6.15. The summed E-state index contributed by atoms with van der Waals surface area (Å²) in [7, 11) is 1.93. The minimum Gasteiger partial charge on any atom is -0.376 e. The minimum absolute atomic E-state index is 0.165. The molecule has 0 aliphatic heterocycles. The van der Waals surface area contributed by atoms with Crippen LogP contribution in [0.5, 0.6) is 0 Å². The molecule has 0 radical (unpaired) electrons. The number of rotatable bonds is 3. The van der Waals surface area contributed by atoms with Crippen LogP contribution in [0.25, 0.3) is 0 Å². The monoisotopic (exact) mass is 361 g/mol. The first-order valence-electron chi connectivity index (χ1n) is 5.27. The van der Waals surface area contributed by atoms with Crippen molar-refractivity contribution in [3.05, 3.63) is 44.7 Å². The molecule has 1 aromatic heterocycles. The van der Waals surface area contributed by atoms with Crippen LogP contribution in [0.2, 0.25) is 5.02 Å². The van der Waals surface area contributed by atoms with Gasteiger partial charge in [0.15, 0.2) is 0 Å². The van der Waals surface area contributed by atoms with Gasteiger partial charge < -0.3 is 5.32 Å². The predicted molar refractivity (Wildman–Crippen MR) is 79.4 cm³/mol. The van der Waals surface area contributed by atoms with Crippen LogP contribution in [-0.4, -0.2) is 9.78 Å². The number of benzene rings is 1. The fourth-order valence-corrected chi connectivity index (χ4v) is 2.39. The van der Waals surface area contributed by atoms with Crippen molar-refractivity contribution in [2.45, 2.75) is 13.0 Å². The van der Waals surface area contributed by atoms with Crippen molar-refractivity contribution in [2.24, 2.45) is 7.05 Å². The summed E-state index contributed by atoms with van der Waals surface area (Å²) in [6.45, 7) is 2.09. The summed E-state index contributed by atoms with van der Waals surface area (Å²) in [5, 5.41) is 8.29. The molecule has 17 heavy (non-hydrogen) atoms. The van der Waals surface area contributed by atoms with E-state index in [0.717, 1.165) is 20.0 Å². The van der Waals surface area contributed by atoms with Gasteiger partial charge in [0, 0.05) is 16.8 Å². The Hall–Kier alpha value is -0.750. The number of anilines is 1. The lowest BCUT2D eigenvalue weighted by molar-refractivity contribution is 0.676. The van der Waals surface area contributed by atoms with Crippen LogP contribution in [-0.2, 0) is 7.05 Å². The zero-order chi connectivity index (χ0) is 12.4. The fourth-order valence-electron chi connectivity index (χ4n) is 1.72. The molecule has 1 unspecified atom stereocenters. The van der Waals surface area contributed by atoms with E-state index in [-0.39, 0.29) is 6.04 Å². The highest BCUT2D eigenvalue weighted by atomic mass is 127. The van der Waals surface area contributed by atoms with Crippen LogP contribution < -0.4 is 5.32 Å². The third-order valence-electron chi connectivity index (χ3n) is 2.60. The van der Waals surface area contributed by atoms with E-state index in [1.807, 2.05) is 36.0 Å². The molecular formula is C12H13ClIN3. The van der Waals surface area contributed by atoms with Crippen molar-refractivity contribution < 1.29 is 0 Å². The van der Waals surface area contributed by atoms with Gasteiger partial charge in [-0.2, -0.15) is 5.10 Å². The molecular weight excluding hydrogens is 349 g/mol. The summed E-state index contributed by atoms with van der Waals surface area (Å²) >= 11 is 8.43. The first kappa shape index (κ1) is 12.7. The maximum Gasteiger partial charge on any atom is 0.0654 e. The summed E-state index contributed by atoms with van der Waals surface area (Å²) < 4.78 is 3.02. The Labute approximate surface area is 119 Å². The van der Waals surface area contributed by atoms with E-state index in [9.17, 15) is 0 Å². The van der Waals surface area contributed by atoms with Crippen LogP contribution in [0.3, 0.4) is 0 Å². The Morgan fingerprint density at radius 3 is 2.82 bits per heavy atom. The van der Waals surface area contributed by atoms with Gasteiger partial charge >= 0.3 is 0 Å². The molecule has 0 amide bonds. The molecule has 1 atom stereocenters. The Morgan fingerprint density at radius 1 is 1.41 bits per heavy atom. The van der Waals surface area contributed by atoms with Gasteiger partial charge in [0.05, 0.1) is 22.4 Å². The van der Waals surface area contributed by atoms with Gasteiger partial charge in [-0.15, -0.1) is 0 Å². The predicted octanol–water partition coefficient (Wildman–Crippen LogP) is 3.85. The average molecular weight is 362 g/mol. The summed E-state index contributed by atoms with van der Waals surface area (Å²) in [5.74, 6) is 0. The molecule has 0 fully saturated rings. The minimum atomic E-state index is 0.165. The normalized spacial score (nSPS) is 12.5. The first-order chi connectivity index (χ1) is 8.08. The number of aryl methyl sites for hydroxylation is 1. The molecule has 0 spiro atoms. The highest BCUT2D eigenvalue weighted by Gasteiger charge is 2.10. The van der Waals surface area contributed by atoms with E-state index in [1.165, 1.54) is 0 Å². The number of nitrogens with zero attached hydrogens (tertiary/aromatic N) is 2. The fraction of sp³-hybridized carbons (Fsp3) is 0.250. The molecule has 0 bridgehead atoms. The van der Waals surface area contributed by atoms with Crippen molar-refractivity contribution in [3.8, 4) is 0 Å². The Kier molecular flexibility index (Phi) is 3.93. The van der Waals surface area contributed by atoms with Gasteiger partial charge in [-0.05, 0) is 53.8 Å². The Morgan fingerprint density at radius 2 is 2.18 bits per heavy atom. The topological polar surface area (TPSA) is 29.9 Å². The highest BCUT2D eigenvalue weighted by molar-refractivity contribution is 14.1. The van der Waals surface area contributed by atoms with E-state index in [4.69, 9.17) is 11.6 Å². The molecule has 0 aliphatic carbocycles. The van der Waals surface area contributed by atoms with Crippen LogP contribution in [0.1, 0.15) is 18.7 Å². The summed E-state index contributed by atoms with van der Waals surface area (Å²) in [6, 6.07) is 8.10. The van der Waals surface area contributed by atoms with E-state index >= 15 is 0 Å². The summed E-state index contributed by atoms with van der Waals surface area (Å²) in [6.07, 6.45) is 1.80. The second kappa shape index (κ2) is 5.27. The smallest absolute Gasteiger partial charge is 0.0654 e. The van der Waals surface area contributed by atoms with Crippen molar-refractivity contribution in [1.29, 1.82) is 0 Å². The van der Waals surface area contributed by atoms with Crippen LogP contribution in [0, 0.1) is 3.57 Å². The van der Waals surface area contributed by atoms with Crippen LogP contribution >= 0.6 is 34.2 Å². The van der Waals surface area contributed by atoms with Crippen molar-refractivity contribution >= 4 is 39.9 Å². The second-order valence-electron chi connectivity index (χ2n) is 3.87.